The smallest absolute Gasteiger partial charge is 0.325 e. The summed E-state index contributed by atoms with van der Waals surface area (Å²) in [6, 6.07) is -0.432. The number of hydrogen-bond donors (Lipinski definition) is 2. The number of amides is 2. The molecule has 0 spiro atoms. The van der Waals surface area contributed by atoms with Gasteiger partial charge in [0.25, 0.3) is 0 Å². The van der Waals surface area contributed by atoms with E-state index in [0.717, 1.165) is 12.8 Å². The van der Waals surface area contributed by atoms with Gasteiger partial charge in [-0.25, -0.2) is 4.79 Å². The van der Waals surface area contributed by atoms with Gasteiger partial charge in [-0.15, -0.1) is 0 Å². The molecule has 1 aliphatic carbocycles. The van der Waals surface area contributed by atoms with Crippen molar-refractivity contribution < 1.29 is 24.2 Å². The second-order valence-corrected chi connectivity index (χ2v) is 5.27. The van der Waals surface area contributed by atoms with Crippen LogP contribution in [0.4, 0.5) is 4.79 Å². The zero-order chi connectivity index (χ0) is 15.9. The molecule has 2 amide bonds. The van der Waals surface area contributed by atoms with E-state index in [1.54, 1.807) is 13.8 Å². The predicted octanol–water partition coefficient (Wildman–Crippen LogP) is 1.23. The van der Waals surface area contributed by atoms with Crippen LogP contribution in [-0.4, -0.2) is 54.2 Å². The lowest BCUT2D eigenvalue weighted by molar-refractivity contribution is -0.148. The van der Waals surface area contributed by atoms with Crippen molar-refractivity contribution >= 4 is 18.0 Å². The lowest BCUT2D eigenvalue weighted by atomic mass is 9.86. The second-order valence-electron chi connectivity index (χ2n) is 5.27. The highest BCUT2D eigenvalue weighted by Crippen LogP contribution is 2.37. The van der Waals surface area contributed by atoms with E-state index in [0.29, 0.717) is 19.4 Å². The van der Waals surface area contributed by atoms with Crippen molar-refractivity contribution in [2.45, 2.75) is 39.5 Å². The van der Waals surface area contributed by atoms with E-state index in [4.69, 9.17) is 4.74 Å². The first kappa shape index (κ1) is 17.3. The summed E-state index contributed by atoms with van der Waals surface area (Å²) >= 11 is 0. The Bertz CT molecular complexity index is 391. The number of hydrogen-bond acceptors (Lipinski definition) is 4. The van der Waals surface area contributed by atoms with Gasteiger partial charge in [0.2, 0.25) is 0 Å². The number of ether oxygens (including phenoxy) is 1. The number of carbonyl (C=O) groups is 3. The van der Waals surface area contributed by atoms with Gasteiger partial charge in [-0.1, -0.05) is 12.8 Å². The molecule has 2 N–H and O–H groups in total. The molecule has 0 aromatic rings. The number of carbonyl (C=O) groups excluding carboxylic acids is 2. The number of rotatable bonds is 7. The topological polar surface area (TPSA) is 95.9 Å². The van der Waals surface area contributed by atoms with Crippen molar-refractivity contribution in [3.8, 4) is 0 Å². The summed E-state index contributed by atoms with van der Waals surface area (Å²) < 4.78 is 4.81. The molecule has 0 aliphatic heterocycles. The van der Waals surface area contributed by atoms with Crippen LogP contribution in [0.25, 0.3) is 0 Å². The Morgan fingerprint density at radius 1 is 1.24 bits per heavy atom. The Kier molecular flexibility index (Phi) is 6.45. The van der Waals surface area contributed by atoms with Crippen molar-refractivity contribution in [2.75, 3.05) is 26.2 Å². The third-order valence-electron chi connectivity index (χ3n) is 3.89. The Morgan fingerprint density at radius 2 is 1.86 bits per heavy atom. The molecule has 0 saturated heterocycles. The number of carboxylic acid groups (broad SMARTS) is 1. The maximum atomic E-state index is 12.0. The fourth-order valence-corrected chi connectivity index (χ4v) is 2.56. The van der Waals surface area contributed by atoms with Crippen molar-refractivity contribution in [3.05, 3.63) is 0 Å². The largest absolute Gasteiger partial charge is 0.481 e. The van der Waals surface area contributed by atoms with Crippen LogP contribution in [0.2, 0.25) is 0 Å². The molecule has 21 heavy (non-hydrogen) atoms. The molecule has 0 aromatic heterocycles. The number of nitrogens with zero attached hydrogens (tertiary/aromatic N) is 1. The minimum absolute atomic E-state index is 0.0977. The molecule has 0 atom stereocenters. The first-order valence-corrected chi connectivity index (χ1v) is 7.37. The van der Waals surface area contributed by atoms with Crippen molar-refractivity contribution in [1.82, 2.24) is 10.2 Å². The Balaban J connectivity index is 2.54. The predicted molar refractivity (Wildman–Crippen MR) is 75.8 cm³/mol. The van der Waals surface area contributed by atoms with Crippen LogP contribution in [-0.2, 0) is 14.3 Å². The SMILES string of the molecule is CCOC(=O)CN(CC)C(=O)NCC1(C(=O)O)CCCC1. The normalized spacial score (nSPS) is 16.3. The molecule has 1 aliphatic rings. The minimum atomic E-state index is -0.867. The van der Waals surface area contributed by atoms with Crippen molar-refractivity contribution in [3.63, 3.8) is 0 Å². The standard InChI is InChI=1S/C14H24N2O5/c1-3-16(9-11(17)21-4-2)13(20)15-10-14(12(18)19)7-5-6-8-14/h3-10H2,1-2H3,(H,15,20)(H,18,19). The van der Waals surface area contributed by atoms with Crippen LogP contribution in [0.3, 0.4) is 0 Å². The highest BCUT2D eigenvalue weighted by Gasteiger charge is 2.41. The van der Waals surface area contributed by atoms with E-state index >= 15 is 0 Å². The summed E-state index contributed by atoms with van der Waals surface area (Å²) in [5.41, 5.74) is -0.862. The summed E-state index contributed by atoms with van der Waals surface area (Å²) in [6.07, 6.45) is 2.88. The quantitative estimate of drug-likeness (QED) is 0.689. The first-order valence-electron chi connectivity index (χ1n) is 7.37. The first-order chi connectivity index (χ1) is 9.95. The Hall–Kier alpha value is -1.79. The maximum Gasteiger partial charge on any atom is 0.325 e. The van der Waals surface area contributed by atoms with Crippen molar-refractivity contribution in [1.29, 1.82) is 0 Å². The minimum Gasteiger partial charge on any atom is -0.481 e. The highest BCUT2D eigenvalue weighted by atomic mass is 16.5. The molecular formula is C14H24N2O5. The van der Waals surface area contributed by atoms with Crippen LogP contribution < -0.4 is 5.32 Å². The zero-order valence-electron chi connectivity index (χ0n) is 12.7. The number of urea groups is 1. The molecule has 7 nitrogen and oxygen atoms in total. The van der Waals surface area contributed by atoms with Gasteiger partial charge < -0.3 is 20.1 Å². The molecule has 0 bridgehead atoms. The number of likely N-dealkylation sites (N-methyl/N-ethyl adjacent to an activating group) is 1. The van der Waals surface area contributed by atoms with Crippen molar-refractivity contribution in [2.24, 2.45) is 5.41 Å². The average Bonchev–Trinajstić information content (AvgIpc) is 2.92. The number of aliphatic carboxylic acids is 1. The highest BCUT2D eigenvalue weighted by molar-refractivity contribution is 5.82. The van der Waals surface area contributed by atoms with Crippen LogP contribution in [0.15, 0.2) is 0 Å². The van der Waals surface area contributed by atoms with Gasteiger partial charge in [0.05, 0.1) is 12.0 Å². The number of nitrogens with one attached hydrogen (secondary N) is 1. The van der Waals surface area contributed by atoms with E-state index in [-0.39, 0.29) is 19.7 Å². The van der Waals surface area contributed by atoms with Crippen LogP contribution in [0.1, 0.15) is 39.5 Å². The molecule has 1 rings (SSSR count). The van der Waals surface area contributed by atoms with Gasteiger partial charge in [0.15, 0.2) is 0 Å². The average molecular weight is 300 g/mol. The van der Waals surface area contributed by atoms with Crippen LogP contribution >= 0.6 is 0 Å². The molecule has 1 fully saturated rings. The van der Waals surface area contributed by atoms with Gasteiger partial charge in [-0.3, -0.25) is 9.59 Å². The van der Waals surface area contributed by atoms with E-state index in [1.165, 1.54) is 4.90 Å². The van der Waals surface area contributed by atoms with Gasteiger partial charge >= 0.3 is 18.0 Å². The zero-order valence-corrected chi connectivity index (χ0v) is 12.7. The second kappa shape index (κ2) is 7.85. The fraction of sp³-hybridized carbons (Fsp3) is 0.786. The van der Waals surface area contributed by atoms with Crippen LogP contribution in [0.5, 0.6) is 0 Å². The third kappa shape index (κ3) is 4.61. The molecule has 0 radical (unpaired) electrons. The molecular weight excluding hydrogens is 276 g/mol. The Morgan fingerprint density at radius 3 is 2.33 bits per heavy atom. The molecule has 0 aromatic carbocycles. The Labute approximate surface area is 124 Å². The lowest BCUT2D eigenvalue weighted by Gasteiger charge is -2.26. The third-order valence-corrected chi connectivity index (χ3v) is 3.89. The monoisotopic (exact) mass is 300 g/mol. The fourth-order valence-electron chi connectivity index (χ4n) is 2.56. The van der Waals surface area contributed by atoms with Gasteiger partial charge in [-0.2, -0.15) is 0 Å². The summed E-state index contributed by atoms with van der Waals surface area (Å²) in [7, 11) is 0. The van der Waals surface area contributed by atoms with Gasteiger partial charge in [0.1, 0.15) is 6.54 Å². The molecule has 0 unspecified atom stereocenters. The van der Waals surface area contributed by atoms with Crippen LogP contribution in [0, 0.1) is 5.41 Å². The summed E-state index contributed by atoms with van der Waals surface area (Å²) in [5, 5.41) is 12.0. The van der Waals surface area contributed by atoms with E-state index in [1.807, 2.05) is 0 Å². The summed E-state index contributed by atoms with van der Waals surface area (Å²) in [6.45, 7) is 4.04. The van der Waals surface area contributed by atoms with E-state index in [9.17, 15) is 19.5 Å². The van der Waals surface area contributed by atoms with Gasteiger partial charge in [0, 0.05) is 13.1 Å². The number of carboxylic acids is 1. The number of esters is 1. The maximum absolute atomic E-state index is 12.0. The molecule has 120 valence electrons. The van der Waals surface area contributed by atoms with E-state index in [2.05, 4.69) is 5.32 Å². The molecule has 7 heteroatoms. The molecule has 0 heterocycles. The summed E-state index contributed by atoms with van der Waals surface area (Å²) in [4.78, 5) is 36.2. The summed E-state index contributed by atoms with van der Waals surface area (Å²) in [5.74, 6) is -1.34. The lowest BCUT2D eigenvalue weighted by Crippen LogP contribution is -2.48. The van der Waals surface area contributed by atoms with E-state index < -0.39 is 23.4 Å². The molecule has 1 saturated carbocycles. The van der Waals surface area contributed by atoms with Gasteiger partial charge in [-0.05, 0) is 26.7 Å².